The highest BCUT2D eigenvalue weighted by molar-refractivity contribution is 9.10. The summed E-state index contributed by atoms with van der Waals surface area (Å²) in [6, 6.07) is 3.73. The molecular formula is C10H11BrN4O2. The molecule has 2 N–H and O–H groups in total. The van der Waals surface area contributed by atoms with Gasteiger partial charge in [-0.1, -0.05) is 0 Å². The highest BCUT2D eigenvalue weighted by Gasteiger charge is 2.17. The number of carboxylic acids is 1. The van der Waals surface area contributed by atoms with E-state index in [-0.39, 0.29) is 11.7 Å². The molecule has 0 radical (unpaired) electrons. The minimum Gasteiger partial charge on any atom is -0.476 e. The fraction of sp³-hybridized carbons (Fsp3) is 0.300. The maximum atomic E-state index is 10.9. The molecule has 0 bridgehead atoms. The van der Waals surface area contributed by atoms with Gasteiger partial charge in [0.15, 0.2) is 11.3 Å². The highest BCUT2D eigenvalue weighted by Crippen LogP contribution is 2.19. The number of anilines is 1. The number of imidazole rings is 1. The summed E-state index contributed by atoms with van der Waals surface area (Å²) in [6.45, 7) is 4.00. The Balaban J connectivity index is 2.53. The highest BCUT2D eigenvalue weighted by atomic mass is 79.9. The zero-order valence-electron chi connectivity index (χ0n) is 9.31. The van der Waals surface area contributed by atoms with Crippen molar-refractivity contribution in [2.45, 2.75) is 19.9 Å². The molecule has 17 heavy (non-hydrogen) atoms. The summed E-state index contributed by atoms with van der Waals surface area (Å²) in [7, 11) is 0. The molecule has 90 valence electrons. The molecule has 2 aromatic heterocycles. The predicted octanol–water partition coefficient (Wildman–Crippen LogP) is 2.01. The summed E-state index contributed by atoms with van der Waals surface area (Å²) in [5.41, 5.74) is 0.447. The van der Waals surface area contributed by atoms with Gasteiger partial charge in [-0.05, 0) is 41.9 Å². The Kier molecular flexibility index (Phi) is 3.01. The van der Waals surface area contributed by atoms with Gasteiger partial charge in [-0.25, -0.2) is 14.3 Å². The zero-order valence-corrected chi connectivity index (χ0v) is 10.9. The van der Waals surface area contributed by atoms with Crippen molar-refractivity contribution in [3.05, 3.63) is 22.4 Å². The average molecular weight is 299 g/mol. The second-order valence-corrected chi connectivity index (χ2v) is 4.60. The lowest BCUT2D eigenvalue weighted by molar-refractivity contribution is 0.0690. The summed E-state index contributed by atoms with van der Waals surface area (Å²) in [6.07, 6.45) is 0. The quantitative estimate of drug-likeness (QED) is 0.906. The molecule has 0 saturated heterocycles. The van der Waals surface area contributed by atoms with E-state index in [1.165, 1.54) is 4.52 Å². The minimum atomic E-state index is -1.08. The summed E-state index contributed by atoms with van der Waals surface area (Å²) in [5.74, 6) is -0.414. The van der Waals surface area contributed by atoms with E-state index in [1.807, 2.05) is 13.8 Å². The first-order chi connectivity index (χ1) is 7.99. The van der Waals surface area contributed by atoms with Crippen molar-refractivity contribution in [1.82, 2.24) is 14.6 Å². The third kappa shape index (κ3) is 2.23. The number of fused-ring (bicyclic) bond motifs is 1. The number of halogens is 1. The normalized spacial score (nSPS) is 11.1. The topological polar surface area (TPSA) is 79.5 Å². The summed E-state index contributed by atoms with van der Waals surface area (Å²) in [4.78, 5) is 14.9. The van der Waals surface area contributed by atoms with Gasteiger partial charge >= 0.3 is 5.97 Å². The van der Waals surface area contributed by atoms with Crippen molar-refractivity contribution in [1.29, 1.82) is 0 Å². The molecule has 0 aliphatic carbocycles. The maximum Gasteiger partial charge on any atom is 0.357 e. The lowest BCUT2D eigenvalue weighted by atomic mass is 10.4. The average Bonchev–Trinajstić information content (AvgIpc) is 2.56. The number of nitrogens with one attached hydrogen (secondary N) is 1. The molecule has 6 nitrogen and oxygen atoms in total. The van der Waals surface area contributed by atoms with Crippen LogP contribution in [-0.4, -0.2) is 31.7 Å². The van der Waals surface area contributed by atoms with E-state index >= 15 is 0 Å². The van der Waals surface area contributed by atoms with Crippen molar-refractivity contribution >= 4 is 33.4 Å². The Bertz CT molecular complexity index is 579. The summed E-state index contributed by atoms with van der Waals surface area (Å²) in [5, 5.41) is 16.3. The largest absolute Gasteiger partial charge is 0.476 e. The van der Waals surface area contributed by atoms with Crippen LogP contribution in [0.4, 0.5) is 5.82 Å². The molecule has 0 unspecified atom stereocenters. The fourth-order valence-corrected chi connectivity index (χ4v) is 1.93. The lowest BCUT2D eigenvalue weighted by Crippen LogP contribution is -2.12. The molecule has 0 atom stereocenters. The van der Waals surface area contributed by atoms with Crippen molar-refractivity contribution < 1.29 is 9.90 Å². The number of nitrogens with zero attached hydrogens (tertiary/aromatic N) is 3. The zero-order chi connectivity index (χ0) is 12.6. The van der Waals surface area contributed by atoms with Gasteiger partial charge in [0, 0.05) is 6.04 Å². The number of hydrogen-bond donors (Lipinski definition) is 2. The van der Waals surface area contributed by atoms with E-state index in [4.69, 9.17) is 5.11 Å². The number of carboxylic acid groups (broad SMARTS) is 1. The Labute approximate surface area is 106 Å². The van der Waals surface area contributed by atoms with Gasteiger partial charge in [0.2, 0.25) is 0 Å². The van der Waals surface area contributed by atoms with Crippen LogP contribution in [0, 0.1) is 0 Å². The van der Waals surface area contributed by atoms with Gasteiger partial charge in [0.25, 0.3) is 0 Å². The van der Waals surface area contributed by atoms with E-state index < -0.39 is 5.97 Å². The van der Waals surface area contributed by atoms with Crippen LogP contribution in [0.2, 0.25) is 0 Å². The number of aromatic nitrogens is 3. The molecule has 2 heterocycles. The van der Waals surface area contributed by atoms with E-state index in [2.05, 4.69) is 31.3 Å². The van der Waals surface area contributed by atoms with Gasteiger partial charge in [-0.3, -0.25) is 0 Å². The first-order valence-electron chi connectivity index (χ1n) is 5.04. The second kappa shape index (κ2) is 4.33. The number of carbonyl (C=O) groups is 1. The van der Waals surface area contributed by atoms with Gasteiger partial charge < -0.3 is 10.4 Å². The molecule has 0 amide bonds. The summed E-state index contributed by atoms with van der Waals surface area (Å²) >= 11 is 3.18. The number of rotatable bonds is 3. The minimum absolute atomic E-state index is 0.0424. The van der Waals surface area contributed by atoms with Crippen molar-refractivity contribution in [3.63, 3.8) is 0 Å². The van der Waals surface area contributed by atoms with Crippen LogP contribution >= 0.6 is 15.9 Å². The van der Waals surface area contributed by atoms with E-state index in [1.54, 1.807) is 12.1 Å². The van der Waals surface area contributed by atoms with Crippen LogP contribution in [0.25, 0.3) is 5.65 Å². The Morgan fingerprint density at radius 1 is 1.53 bits per heavy atom. The van der Waals surface area contributed by atoms with Crippen LogP contribution in [0.1, 0.15) is 24.3 Å². The molecule has 0 saturated carbocycles. The van der Waals surface area contributed by atoms with Crippen LogP contribution < -0.4 is 5.32 Å². The van der Waals surface area contributed by atoms with Gasteiger partial charge in [-0.15, -0.1) is 5.10 Å². The van der Waals surface area contributed by atoms with Gasteiger partial charge in [-0.2, -0.15) is 0 Å². The molecule has 0 spiro atoms. The predicted molar refractivity (Wildman–Crippen MR) is 66.4 cm³/mol. The molecule has 7 heteroatoms. The van der Waals surface area contributed by atoms with E-state index in [0.29, 0.717) is 16.1 Å². The maximum absolute atomic E-state index is 10.9. The standard InChI is InChI=1S/C10H11BrN4O2/c1-5(2)12-6-3-4-7-13-8(10(16)17)9(11)15(7)14-6/h3-5H,1-2H3,(H,12,14)(H,16,17). The molecule has 2 rings (SSSR count). The van der Waals surface area contributed by atoms with Crippen molar-refractivity contribution in [2.24, 2.45) is 0 Å². The Hall–Kier alpha value is -1.63. The fourth-order valence-electron chi connectivity index (χ4n) is 1.42. The molecule has 0 fully saturated rings. The smallest absolute Gasteiger partial charge is 0.357 e. The van der Waals surface area contributed by atoms with Gasteiger partial charge in [0.05, 0.1) is 0 Å². The summed E-state index contributed by atoms with van der Waals surface area (Å²) < 4.78 is 1.79. The lowest BCUT2D eigenvalue weighted by Gasteiger charge is -2.08. The Morgan fingerprint density at radius 2 is 2.24 bits per heavy atom. The molecule has 0 aromatic carbocycles. The molecule has 2 aromatic rings. The van der Waals surface area contributed by atoms with Crippen LogP contribution in [0.15, 0.2) is 16.7 Å². The third-order valence-electron chi connectivity index (χ3n) is 2.06. The SMILES string of the molecule is CC(C)Nc1ccc2nc(C(=O)O)c(Br)n2n1. The molecule has 0 aliphatic heterocycles. The van der Waals surface area contributed by atoms with Crippen LogP contribution in [0.3, 0.4) is 0 Å². The van der Waals surface area contributed by atoms with E-state index in [0.717, 1.165) is 0 Å². The third-order valence-corrected chi connectivity index (χ3v) is 2.77. The van der Waals surface area contributed by atoms with E-state index in [9.17, 15) is 4.79 Å². The van der Waals surface area contributed by atoms with Crippen molar-refractivity contribution in [2.75, 3.05) is 5.32 Å². The van der Waals surface area contributed by atoms with Crippen LogP contribution in [-0.2, 0) is 0 Å². The first-order valence-corrected chi connectivity index (χ1v) is 5.83. The number of hydrogen-bond acceptors (Lipinski definition) is 4. The van der Waals surface area contributed by atoms with Crippen molar-refractivity contribution in [3.8, 4) is 0 Å². The monoisotopic (exact) mass is 298 g/mol. The molecule has 0 aliphatic rings. The van der Waals surface area contributed by atoms with Crippen LogP contribution in [0.5, 0.6) is 0 Å². The second-order valence-electron chi connectivity index (χ2n) is 3.84. The molecular weight excluding hydrogens is 288 g/mol. The van der Waals surface area contributed by atoms with Gasteiger partial charge in [0.1, 0.15) is 10.4 Å². The first kappa shape index (κ1) is 11.8. The number of aromatic carboxylic acids is 1. The Morgan fingerprint density at radius 3 is 2.82 bits per heavy atom.